The maximum Gasteiger partial charge on any atom is 0.269 e. The molecule has 0 bridgehead atoms. The van der Waals surface area contributed by atoms with E-state index in [1.807, 2.05) is 14.0 Å². The van der Waals surface area contributed by atoms with Crippen LogP contribution in [0.1, 0.15) is 30.3 Å². The highest BCUT2D eigenvalue weighted by Crippen LogP contribution is 2.20. The lowest BCUT2D eigenvalue weighted by atomic mass is 10.2. The van der Waals surface area contributed by atoms with Gasteiger partial charge in [0.25, 0.3) is 11.8 Å². The van der Waals surface area contributed by atoms with E-state index in [2.05, 4.69) is 20.9 Å². The molecule has 1 aromatic rings. The maximum absolute atomic E-state index is 12.1. The number of likely N-dealkylation sites (N-methyl/N-ethyl adjacent to an activating group) is 1. The molecular weight excluding hydrogens is 284 g/mol. The average molecular weight is 306 g/mol. The third-order valence-electron chi connectivity index (χ3n) is 3.45. The summed E-state index contributed by atoms with van der Waals surface area (Å²) in [6.45, 7) is 3.15. The monoisotopic (exact) mass is 306 g/mol. The minimum Gasteiger partial charge on any atom is -0.365 e. The van der Waals surface area contributed by atoms with Crippen molar-refractivity contribution in [2.24, 2.45) is 0 Å². The molecule has 3 N–H and O–H groups in total. The summed E-state index contributed by atoms with van der Waals surface area (Å²) < 4.78 is 5.52. The van der Waals surface area contributed by atoms with Gasteiger partial charge in [0.1, 0.15) is 11.8 Å². The van der Waals surface area contributed by atoms with Gasteiger partial charge in [0.05, 0.1) is 6.10 Å². The van der Waals surface area contributed by atoms with E-state index in [-0.39, 0.29) is 23.6 Å². The third kappa shape index (κ3) is 4.51. The molecule has 0 aliphatic carbocycles. The van der Waals surface area contributed by atoms with Crippen molar-refractivity contribution in [3.05, 3.63) is 24.0 Å². The molecule has 2 heterocycles. The SMILES string of the molecule is CNCCNC(=O)c1cc(NC(=O)C2CCC(C)O2)ccn1. The zero-order valence-corrected chi connectivity index (χ0v) is 12.9. The Bertz CT molecular complexity index is 535. The second kappa shape index (κ2) is 7.86. The Balaban J connectivity index is 1.93. The van der Waals surface area contributed by atoms with E-state index in [4.69, 9.17) is 4.74 Å². The fraction of sp³-hybridized carbons (Fsp3) is 0.533. The number of aromatic nitrogens is 1. The quantitative estimate of drug-likeness (QED) is 0.667. The molecule has 7 nitrogen and oxygen atoms in total. The van der Waals surface area contributed by atoms with Gasteiger partial charge in [-0.15, -0.1) is 0 Å². The fourth-order valence-corrected chi connectivity index (χ4v) is 2.24. The summed E-state index contributed by atoms with van der Waals surface area (Å²) >= 11 is 0. The summed E-state index contributed by atoms with van der Waals surface area (Å²) in [5.74, 6) is -0.450. The molecule has 1 saturated heterocycles. The first-order valence-corrected chi connectivity index (χ1v) is 7.45. The van der Waals surface area contributed by atoms with Gasteiger partial charge in [0.2, 0.25) is 0 Å². The molecule has 2 atom stereocenters. The molecule has 0 aromatic carbocycles. The lowest BCUT2D eigenvalue weighted by Gasteiger charge is -2.12. The topological polar surface area (TPSA) is 92.3 Å². The molecule has 1 aromatic heterocycles. The van der Waals surface area contributed by atoms with Crippen molar-refractivity contribution < 1.29 is 14.3 Å². The van der Waals surface area contributed by atoms with Crippen LogP contribution in [-0.4, -0.2) is 49.1 Å². The Labute approximate surface area is 129 Å². The number of ether oxygens (including phenoxy) is 1. The van der Waals surface area contributed by atoms with Gasteiger partial charge >= 0.3 is 0 Å². The normalized spacial score (nSPS) is 20.6. The van der Waals surface area contributed by atoms with Crippen molar-refractivity contribution in [1.29, 1.82) is 0 Å². The molecule has 0 spiro atoms. The third-order valence-corrected chi connectivity index (χ3v) is 3.45. The number of carbonyl (C=O) groups is 2. The van der Waals surface area contributed by atoms with Crippen LogP contribution in [-0.2, 0) is 9.53 Å². The standard InChI is InChI=1S/C15H22N4O3/c1-10-3-4-13(22-10)15(21)19-11-5-6-17-12(9-11)14(20)18-8-7-16-2/h5-6,9-10,13,16H,3-4,7-8H2,1-2H3,(H,18,20)(H,17,19,21). The van der Waals surface area contributed by atoms with Crippen LogP contribution in [0, 0.1) is 0 Å². The molecule has 2 amide bonds. The van der Waals surface area contributed by atoms with E-state index in [1.165, 1.54) is 6.20 Å². The first-order chi connectivity index (χ1) is 10.6. The van der Waals surface area contributed by atoms with Crippen LogP contribution < -0.4 is 16.0 Å². The Morgan fingerprint density at radius 3 is 2.86 bits per heavy atom. The number of rotatable bonds is 6. The molecule has 2 rings (SSSR count). The molecule has 2 unspecified atom stereocenters. The molecule has 0 saturated carbocycles. The second-order valence-electron chi connectivity index (χ2n) is 5.29. The molecule has 0 radical (unpaired) electrons. The number of carbonyl (C=O) groups excluding carboxylic acids is 2. The van der Waals surface area contributed by atoms with Crippen molar-refractivity contribution >= 4 is 17.5 Å². The van der Waals surface area contributed by atoms with Gasteiger partial charge in [-0.05, 0) is 38.9 Å². The van der Waals surface area contributed by atoms with E-state index in [0.717, 1.165) is 12.8 Å². The van der Waals surface area contributed by atoms with Crippen molar-refractivity contribution in [3.8, 4) is 0 Å². The predicted octanol–water partition coefficient (Wildman–Crippen LogP) is 0.537. The highest BCUT2D eigenvalue weighted by atomic mass is 16.5. The average Bonchev–Trinajstić information content (AvgIpc) is 2.94. The first-order valence-electron chi connectivity index (χ1n) is 7.45. The lowest BCUT2D eigenvalue weighted by molar-refractivity contribution is -0.126. The van der Waals surface area contributed by atoms with Gasteiger partial charge in [-0.25, -0.2) is 0 Å². The molecule has 7 heteroatoms. The van der Waals surface area contributed by atoms with Crippen molar-refractivity contribution in [2.75, 3.05) is 25.5 Å². The minimum absolute atomic E-state index is 0.113. The fourth-order valence-electron chi connectivity index (χ4n) is 2.24. The van der Waals surface area contributed by atoms with Crippen LogP contribution in [0.4, 0.5) is 5.69 Å². The van der Waals surface area contributed by atoms with Gasteiger partial charge in [-0.2, -0.15) is 0 Å². The molecule has 120 valence electrons. The number of nitrogens with one attached hydrogen (secondary N) is 3. The minimum atomic E-state index is -0.420. The molecule has 1 fully saturated rings. The van der Waals surface area contributed by atoms with E-state index in [1.54, 1.807) is 12.1 Å². The largest absolute Gasteiger partial charge is 0.365 e. The number of anilines is 1. The summed E-state index contributed by atoms with van der Waals surface area (Å²) in [7, 11) is 1.81. The summed E-state index contributed by atoms with van der Waals surface area (Å²) in [4.78, 5) is 28.0. The predicted molar refractivity (Wildman–Crippen MR) is 82.7 cm³/mol. The number of pyridine rings is 1. The van der Waals surface area contributed by atoms with Crippen molar-refractivity contribution in [2.45, 2.75) is 32.0 Å². The van der Waals surface area contributed by atoms with Crippen LogP contribution in [0.15, 0.2) is 18.3 Å². The smallest absolute Gasteiger partial charge is 0.269 e. The van der Waals surface area contributed by atoms with Crippen molar-refractivity contribution in [3.63, 3.8) is 0 Å². The molecular formula is C15H22N4O3. The second-order valence-corrected chi connectivity index (χ2v) is 5.29. The van der Waals surface area contributed by atoms with E-state index < -0.39 is 6.10 Å². The Kier molecular flexibility index (Phi) is 5.85. The summed E-state index contributed by atoms with van der Waals surface area (Å²) in [5, 5.41) is 8.45. The van der Waals surface area contributed by atoms with E-state index >= 15 is 0 Å². The highest BCUT2D eigenvalue weighted by molar-refractivity contribution is 5.97. The number of amides is 2. The van der Waals surface area contributed by atoms with Gasteiger partial charge < -0.3 is 20.7 Å². The lowest BCUT2D eigenvalue weighted by Crippen LogP contribution is -2.31. The van der Waals surface area contributed by atoms with Crippen molar-refractivity contribution in [1.82, 2.24) is 15.6 Å². The number of hydrogen-bond acceptors (Lipinski definition) is 5. The summed E-state index contributed by atoms with van der Waals surface area (Å²) in [6, 6.07) is 3.21. The summed E-state index contributed by atoms with van der Waals surface area (Å²) in [6.07, 6.45) is 2.79. The zero-order valence-electron chi connectivity index (χ0n) is 12.9. The van der Waals surface area contributed by atoms with Crippen LogP contribution >= 0.6 is 0 Å². The van der Waals surface area contributed by atoms with Crippen LogP contribution in [0.3, 0.4) is 0 Å². The zero-order chi connectivity index (χ0) is 15.9. The first kappa shape index (κ1) is 16.4. The number of nitrogens with zero attached hydrogens (tertiary/aromatic N) is 1. The van der Waals surface area contributed by atoms with Crippen LogP contribution in [0.5, 0.6) is 0 Å². The van der Waals surface area contributed by atoms with E-state index in [0.29, 0.717) is 18.8 Å². The highest BCUT2D eigenvalue weighted by Gasteiger charge is 2.28. The Morgan fingerprint density at radius 2 is 2.18 bits per heavy atom. The summed E-state index contributed by atoms with van der Waals surface area (Å²) in [5.41, 5.74) is 0.816. The van der Waals surface area contributed by atoms with Gasteiger partial charge in [0, 0.05) is 25.0 Å². The molecule has 1 aliphatic heterocycles. The Hall–Kier alpha value is -1.99. The van der Waals surface area contributed by atoms with Gasteiger partial charge in [0.15, 0.2) is 0 Å². The number of hydrogen-bond donors (Lipinski definition) is 3. The Morgan fingerprint density at radius 1 is 1.36 bits per heavy atom. The molecule has 22 heavy (non-hydrogen) atoms. The van der Waals surface area contributed by atoms with Crippen LogP contribution in [0.2, 0.25) is 0 Å². The van der Waals surface area contributed by atoms with Gasteiger partial charge in [-0.3, -0.25) is 14.6 Å². The maximum atomic E-state index is 12.1. The molecule has 1 aliphatic rings. The van der Waals surface area contributed by atoms with Crippen LogP contribution in [0.25, 0.3) is 0 Å². The van der Waals surface area contributed by atoms with E-state index in [9.17, 15) is 9.59 Å². The van der Waals surface area contributed by atoms with Gasteiger partial charge in [-0.1, -0.05) is 0 Å².